The SMILES string of the molecule is CCc1ncnc(-c2ccc(C(=O)N(C)CCN3CCCC3=O)c(C)c2)c1-c1ccc(N)nc1. The Kier molecular flexibility index (Phi) is 6.86. The van der Waals surface area contributed by atoms with Gasteiger partial charge in [0.1, 0.15) is 12.1 Å². The van der Waals surface area contributed by atoms with E-state index in [1.165, 1.54) is 0 Å². The van der Waals surface area contributed by atoms with E-state index in [-0.39, 0.29) is 11.8 Å². The normalized spacial score (nSPS) is 13.4. The molecular weight excluding hydrogens is 428 g/mol. The zero-order valence-electron chi connectivity index (χ0n) is 19.9. The lowest BCUT2D eigenvalue weighted by Crippen LogP contribution is -2.37. The van der Waals surface area contributed by atoms with Gasteiger partial charge >= 0.3 is 0 Å². The van der Waals surface area contributed by atoms with Gasteiger partial charge in [0.15, 0.2) is 0 Å². The van der Waals surface area contributed by atoms with Gasteiger partial charge in [0.2, 0.25) is 5.91 Å². The van der Waals surface area contributed by atoms with Crippen molar-refractivity contribution < 1.29 is 9.59 Å². The Labute approximate surface area is 199 Å². The van der Waals surface area contributed by atoms with Crippen LogP contribution in [-0.4, -0.2) is 63.2 Å². The van der Waals surface area contributed by atoms with Gasteiger partial charge in [-0.25, -0.2) is 15.0 Å². The van der Waals surface area contributed by atoms with Crippen LogP contribution in [0.1, 0.15) is 41.4 Å². The highest BCUT2D eigenvalue weighted by Crippen LogP contribution is 2.33. The third-order valence-corrected chi connectivity index (χ3v) is 6.29. The van der Waals surface area contributed by atoms with Crippen molar-refractivity contribution in [2.75, 3.05) is 32.4 Å². The number of benzene rings is 1. The molecule has 2 N–H and O–H groups in total. The van der Waals surface area contributed by atoms with Gasteiger partial charge in [-0.1, -0.05) is 13.0 Å². The number of anilines is 1. The van der Waals surface area contributed by atoms with E-state index in [1.54, 1.807) is 30.5 Å². The van der Waals surface area contributed by atoms with E-state index in [4.69, 9.17) is 5.73 Å². The minimum Gasteiger partial charge on any atom is -0.384 e. The van der Waals surface area contributed by atoms with Crippen LogP contribution in [-0.2, 0) is 11.2 Å². The Hall–Kier alpha value is -3.81. The number of carbonyl (C=O) groups excluding carboxylic acids is 2. The fraction of sp³-hybridized carbons (Fsp3) is 0.346. The van der Waals surface area contributed by atoms with E-state index in [1.807, 2.05) is 36.1 Å². The fourth-order valence-electron chi connectivity index (χ4n) is 4.33. The third-order valence-electron chi connectivity index (χ3n) is 6.29. The van der Waals surface area contributed by atoms with Gasteiger partial charge in [-0.2, -0.15) is 0 Å². The summed E-state index contributed by atoms with van der Waals surface area (Å²) < 4.78 is 0. The van der Waals surface area contributed by atoms with Crippen molar-refractivity contribution in [1.29, 1.82) is 0 Å². The van der Waals surface area contributed by atoms with E-state index < -0.39 is 0 Å². The summed E-state index contributed by atoms with van der Waals surface area (Å²) in [6.45, 7) is 5.84. The molecule has 0 atom stereocenters. The molecule has 0 bridgehead atoms. The third kappa shape index (κ3) is 4.76. The Bertz CT molecular complexity index is 1210. The molecule has 8 heteroatoms. The molecule has 2 amide bonds. The second-order valence-corrected chi connectivity index (χ2v) is 8.61. The summed E-state index contributed by atoms with van der Waals surface area (Å²) >= 11 is 0. The Morgan fingerprint density at radius 3 is 2.59 bits per heavy atom. The molecule has 176 valence electrons. The first-order valence-corrected chi connectivity index (χ1v) is 11.6. The van der Waals surface area contributed by atoms with Crippen LogP contribution in [0.5, 0.6) is 0 Å². The number of hydrogen-bond donors (Lipinski definition) is 1. The van der Waals surface area contributed by atoms with Crippen molar-refractivity contribution in [3.05, 3.63) is 59.7 Å². The van der Waals surface area contributed by atoms with Crippen molar-refractivity contribution in [3.63, 3.8) is 0 Å². The predicted molar refractivity (Wildman–Crippen MR) is 132 cm³/mol. The zero-order chi connectivity index (χ0) is 24.2. The van der Waals surface area contributed by atoms with Gasteiger partial charge in [-0.15, -0.1) is 0 Å². The monoisotopic (exact) mass is 458 g/mol. The van der Waals surface area contributed by atoms with E-state index in [9.17, 15) is 9.59 Å². The van der Waals surface area contributed by atoms with Crippen LogP contribution in [0.3, 0.4) is 0 Å². The average Bonchev–Trinajstić information content (AvgIpc) is 3.26. The average molecular weight is 459 g/mol. The lowest BCUT2D eigenvalue weighted by atomic mass is 9.95. The molecular formula is C26H30N6O2. The van der Waals surface area contributed by atoms with Crippen LogP contribution in [0.25, 0.3) is 22.4 Å². The molecule has 2 aromatic heterocycles. The van der Waals surface area contributed by atoms with Gasteiger partial charge in [0.05, 0.1) is 11.4 Å². The molecule has 34 heavy (non-hydrogen) atoms. The number of nitrogens with zero attached hydrogens (tertiary/aromatic N) is 5. The maximum atomic E-state index is 13.1. The molecule has 0 saturated carbocycles. The van der Waals surface area contributed by atoms with Gasteiger partial charge in [-0.05, 0) is 49.6 Å². The van der Waals surface area contributed by atoms with Crippen LogP contribution in [0, 0.1) is 6.92 Å². The van der Waals surface area contributed by atoms with Crippen LogP contribution in [0.2, 0.25) is 0 Å². The summed E-state index contributed by atoms with van der Waals surface area (Å²) in [6, 6.07) is 9.46. The van der Waals surface area contributed by atoms with Gasteiger partial charge in [0, 0.05) is 61.6 Å². The smallest absolute Gasteiger partial charge is 0.253 e. The van der Waals surface area contributed by atoms with Gasteiger partial charge in [-0.3, -0.25) is 9.59 Å². The molecule has 1 aromatic carbocycles. The van der Waals surface area contributed by atoms with Crippen molar-refractivity contribution in [2.45, 2.75) is 33.1 Å². The molecule has 0 radical (unpaired) electrons. The summed E-state index contributed by atoms with van der Waals surface area (Å²) in [7, 11) is 1.78. The summed E-state index contributed by atoms with van der Waals surface area (Å²) in [5.41, 5.74) is 11.7. The number of nitrogen functional groups attached to an aromatic ring is 1. The molecule has 0 spiro atoms. The summed E-state index contributed by atoms with van der Waals surface area (Å²) in [6.07, 6.45) is 5.56. The summed E-state index contributed by atoms with van der Waals surface area (Å²) in [5, 5.41) is 0. The number of carbonyl (C=O) groups is 2. The summed E-state index contributed by atoms with van der Waals surface area (Å²) in [5.74, 6) is 0.567. The Morgan fingerprint density at radius 1 is 1.15 bits per heavy atom. The number of aryl methyl sites for hydroxylation is 2. The predicted octanol–water partition coefficient (Wildman–Crippen LogP) is 3.35. The lowest BCUT2D eigenvalue weighted by Gasteiger charge is -2.22. The fourth-order valence-corrected chi connectivity index (χ4v) is 4.33. The molecule has 8 nitrogen and oxygen atoms in total. The number of likely N-dealkylation sites (tertiary alicyclic amines) is 1. The maximum Gasteiger partial charge on any atom is 0.253 e. The van der Waals surface area contributed by atoms with E-state index >= 15 is 0 Å². The first kappa shape index (κ1) is 23.4. The first-order valence-electron chi connectivity index (χ1n) is 11.6. The Balaban J connectivity index is 1.60. The number of likely N-dealkylation sites (N-methyl/N-ethyl adjacent to an activating group) is 1. The minimum absolute atomic E-state index is 0.0596. The van der Waals surface area contributed by atoms with E-state index in [0.717, 1.165) is 53.0 Å². The first-order chi connectivity index (χ1) is 16.4. The molecule has 1 aliphatic heterocycles. The standard InChI is InChI=1S/C26H30N6O2/c1-4-21-24(19-8-10-22(27)28-15-19)25(30-16-29-21)18-7-9-20(17(2)14-18)26(34)31(3)12-13-32-11-5-6-23(32)33/h7-10,14-16H,4-6,11-13H2,1-3H3,(H2,27,28). The molecule has 1 fully saturated rings. The Morgan fingerprint density at radius 2 is 1.94 bits per heavy atom. The summed E-state index contributed by atoms with van der Waals surface area (Å²) in [4.78, 5) is 41.7. The quantitative estimate of drug-likeness (QED) is 0.582. The van der Waals surface area contributed by atoms with Crippen molar-refractivity contribution >= 4 is 17.6 Å². The molecule has 4 rings (SSSR count). The number of nitrogens with two attached hydrogens (primary N) is 1. The van der Waals surface area contributed by atoms with Gasteiger partial charge < -0.3 is 15.5 Å². The van der Waals surface area contributed by atoms with Crippen molar-refractivity contribution in [2.24, 2.45) is 0 Å². The molecule has 1 saturated heterocycles. The minimum atomic E-state index is -0.0596. The second kappa shape index (κ2) is 9.99. The largest absolute Gasteiger partial charge is 0.384 e. The number of aromatic nitrogens is 3. The van der Waals surface area contributed by atoms with E-state index in [2.05, 4.69) is 21.9 Å². The molecule has 0 aliphatic carbocycles. The topological polar surface area (TPSA) is 105 Å². The highest BCUT2D eigenvalue weighted by Gasteiger charge is 2.22. The maximum absolute atomic E-state index is 13.1. The number of rotatable bonds is 7. The van der Waals surface area contributed by atoms with Crippen molar-refractivity contribution in [1.82, 2.24) is 24.8 Å². The van der Waals surface area contributed by atoms with E-state index in [0.29, 0.717) is 30.9 Å². The molecule has 0 unspecified atom stereocenters. The molecule has 1 aliphatic rings. The highest BCUT2D eigenvalue weighted by atomic mass is 16.2. The number of hydrogen-bond acceptors (Lipinski definition) is 6. The van der Waals surface area contributed by atoms with Crippen LogP contribution >= 0.6 is 0 Å². The van der Waals surface area contributed by atoms with Crippen LogP contribution in [0.4, 0.5) is 5.82 Å². The van der Waals surface area contributed by atoms with Crippen LogP contribution in [0.15, 0.2) is 42.9 Å². The number of pyridine rings is 1. The van der Waals surface area contributed by atoms with Crippen molar-refractivity contribution in [3.8, 4) is 22.4 Å². The van der Waals surface area contributed by atoms with Gasteiger partial charge in [0.25, 0.3) is 5.91 Å². The molecule has 3 aromatic rings. The van der Waals surface area contributed by atoms with Crippen LogP contribution < -0.4 is 5.73 Å². The lowest BCUT2D eigenvalue weighted by molar-refractivity contribution is -0.127. The molecule has 3 heterocycles. The number of amides is 2. The highest BCUT2D eigenvalue weighted by molar-refractivity contribution is 5.96. The zero-order valence-corrected chi connectivity index (χ0v) is 19.9. The second-order valence-electron chi connectivity index (χ2n) is 8.61.